The maximum absolute atomic E-state index is 13.3. The zero-order valence-electron chi connectivity index (χ0n) is 18.6. The highest BCUT2D eigenvalue weighted by Gasteiger charge is 2.36. The number of hydrogen-bond acceptors (Lipinski definition) is 4. The van der Waals surface area contributed by atoms with E-state index in [1.807, 2.05) is 31.2 Å². The SMILES string of the molecule is Cc1ccc(NC(=O)Nc2ccc(S(=O)(=O)N3CCC[C@H]3CN3CCCCC3)cc2)cc1. The molecule has 2 aliphatic rings. The summed E-state index contributed by atoms with van der Waals surface area (Å²) < 4.78 is 28.3. The Hall–Kier alpha value is -2.42. The number of nitrogens with zero attached hydrogens (tertiary/aromatic N) is 2. The van der Waals surface area contributed by atoms with E-state index >= 15 is 0 Å². The Bertz CT molecular complexity index is 1020. The lowest BCUT2D eigenvalue weighted by Crippen LogP contribution is -2.44. The summed E-state index contributed by atoms with van der Waals surface area (Å²) in [5.41, 5.74) is 2.35. The van der Waals surface area contributed by atoms with Crippen LogP contribution in [0.3, 0.4) is 0 Å². The number of hydrogen-bond donors (Lipinski definition) is 2. The van der Waals surface area contributed by atoms with Gasteiger partial charge >= 0.3 is 6.03 Å². The molecule has 1 atom stereocenters. The summed E-state index contributed by atoms with van der Waals surface area (Å²) in [6, 6.07) is 13.6. The Morgan fingerprint density at radius 1 is 0.875 bits per heavy atom. The number of carbonyl (C=O) groups excluding carboxylic acids is 1. The number of sulfonamides is 1. The molecule has 2 N–H and O–H groups in total. The van der Waals surface area contributed by atoms with E-state index in [1.54, 1.807) is 28.6 Å². The number of carbonyl (C=O) groups is 1. The molecule has 2 fully saturated rings. The molecule has 0 spiro atoms. The Balaban J connectivity index is 1.38. The van der Waals surface area contributed by atoms with Gasteiger partial charge in [0, 0.05) is 30.5 Å². The first-order valence-corrected chi connectivity index (χ1v) is 12.8. The highest BCUT2D eigenvalue weighted by molar-refractivity contribution is 7.89. The summed E-state index contributed by atoms with van der Waals surface area (Å²) >= 11 is 0. The first-order valence-electron chi connectivity index (χ1n) is 11.4. The van der Waals surface area contributed by atoms with Gasteiger partial charge in [0.25, 0.3) is 0 Å². The van der Waals surface area contributed by atoms with Gasteiger partial charge in [0.15, 0.2) is 0 Å². The summed E-state index contributed by atoms with van der Waals surface area (Å²) in [5.74, 6) is 0. The van der Waals surface area contributed by atoms with Gasteiger partial charge in [-0.3, -0.25) is 0 Å². The number of urea groups is 1. The van der Waals surface area contributed by atoms with Gasteiger partial charge in [-0.1, -0.05) is 24.1 Å². The van der Waals surface area contributed by atoms with Crippen molar-refractivity contribution in [3.05, 3.63) is 54.1 Å². The molecule has 2 saturated heterocycles. The van der Waals surface area contributed by atoms with Crippen LogP contribution in [0.4, 0.5) is 16.2 Å². The summed E-state index contributed by atoms with van der Waals surface area (Å²) in [5, 5.41) is 5.52. The molecule has 32 heavy (non-hydrogen) atoms. The number of amides is 2. The van der Waals surface area contributed by atoms with Crippen molar-refractivity contribution in [2.45, 2.75) is 50.0 Å². The lowest BCUT2D eigenvalue weighted by molar-refractivity contribution is 0.189. The molecule has 0 aliphatic carbocycles. The maximum Gasteiger partial charge on any atom is 0.323 e. The first kappa shape index (κ1) is 22.8. The molecule has 0 saturated carbocycles. The van der Waals surface area contributed by atoms with Crippen LogP contribution < -0.4 is 10.6 Å². The Morgan fingerprint density at radius 3 is 2.09 bits per heavy atom. The van der Waals surface area contributed by atoms with E-state index in [1.165, 1.54) is 19.3 Å². The monoisotopic (exact) mass is 456 g/mol. The molecular weight excluding hydrogens is 424 g/mol. The summed E-state index contributed by atoms with van der Waals surface area (Å²) in [6.45, 7) is 5.50. The molecule has 2 aromatic rings. The largest absolute Gasteiger partial charge is 0.323 e. The molecular formula is C24H32N4O3S. The molecule has 0 radical (unpaired) electrons. The molecule has 0 bridgehead atoms. The van der Waals surface area contributed by atoms with Gasteiger partial charge in [-0.05, 0) is 82.1 Å². The standard InChI is InChI=1S/C24H32N4O3S/c1-19-7-9-20(10-8-19)25-24(29)26-21-11-13-23(14-12-21)32(30,31)28-17-5-6-22(28)18-27-15-3-2-4-16-27/h7-14,22H,2-6,15-18H2,1H3,(H2,25,26,29)/t22-/m0/s1. The van der Waals surface area contributed by atoms with Crippen molar-refractivity contribution in [3.8, 4) is 0 Å². The van der Waals surface area contributed by atoms with E-state index in [0.717, 1.165) is 38.0 Å². The fourth-order valence-electron chi connectivity index (χ4n) is 4.52. The van der Waals surface area contributed by atoms with Crippen LogP contribution in [-0.2, 0) is 10.0 Å². The Kier molecular flexibility index (Phi) is 7.13. The third-order valence-electron chi connectivity index (χ3n) is 6.27. The minimum absolute atomic E-state index is 0.0381. The van der Waals surface area contributed by atoms with Crippen molar-refractivity contribution < 1.29 is 13.2 Å². The van der Waals surface area contributed by atoms with Gasteiger partial charge in [0.2, 0.25) is 10.0 Å². The highest BCUT2D eigenvalue weighted by Crippen LogP contribution is 2.28. The van der Waals surface area contributed by atoms with E-state index in [9.17, 15) is 13.2 Å². The van der Waals surface area contributed by atoms with Crippen molar-refractivity contribution in [3.63, 3.8) is 0 Å². The van der Waals surface area contributed by atoms with Crippen molar-refractivity contribution in [1.29, 1.82) is 0 Å². The maximum atomic E-state index is 13.3. The molecule has 8 heteroatoms. The lowest BCUT2D eigenvalue weighted by Gasteiger charge is -2.32. The van der Waals surface area contributed by atoms with Crippen LogP contribution in [0.5, 0.6) is 0 Å². The second-order valence-electron chi connectivity index (χ2n) is 8.74. The first-order chi connectivity index (χ1) is 15.4. The fraction of sp³-hybridized carbons (Fsp3) is 0.458. The summed E-state index contributed by atoms with van der Waals surface area (Å²) in [4.78, 5) is 14.9. The van der Waals surface area contributed by atoms with Crippen LogP contribution in [-0.4, -0.2) is 55.9 Å². The van der Waals surface area contributed by atoms with E-state index in [0.29, 0.717) is 17.9 Å². The zero-order chi connectivity index (χ0) is 22.6. The Morgan fingerprint density at radius 2 is 1.47 bits per heavy atom. The number of aryl methyl sites for hydroxylation is 1. The summed E-state index contributed by atoms with van der Waals surface area (Å²) in [7, 11) is -3.56. The van der Waals surface area contributed by atoms with Crippen LogP contribution in [0.1, 0.15) is 37.7 Å². The Labute approximate surface area is 190 Å². The number of piperidine rings is 1. The minimum atomic E-state index is -3.56. The van der Waals surface area contributed by atoms with Gasteiger partial charge in [0.05, 0.1) is 4.90 Å². The number of nitrogens with one attached hydrogen (secondary N) is 2. The van der Waals surface area contributed by atoms with Crippen molar-refractivity contribution in [2.24, 2.45) is 0 Å². The van der Waals surface area contributed by atoms with E-state index < -0.39 is 10.0 Å². The predicted molar refractivity (Wildman–Crippen MR) is 127 cm³/mol. The van der Waals surface area contributed by atoms with Gasteiger partial charge in [-0.25, -0.2) is 13.2 Å². The van der Waals surface area contributed by atoms with Crippen molar-refractivity contribution in [2.75, 3.05) is 36.8 Å². The molecule has 7 nitrogen and oxygen atoms in total. The van der Waals surface area contributed by atoms with Crippen molar-refractivity contribution >= 4 is 27.4 Å². The van der Waals surface area contributed by atoms with E-state index in [4.69, 9.17) is 0 Å². The lowest BCUT2D eigenvalue weighted by atomic mass is 10.1. The van der Waals surface area contributed by atoms with Gasteiger partial charge in [-0.15, -0.1) is 0 Å². The molecule has 2 aromatic carbocycles. The third kappa shape index (κ3) is 5.49. The predicted octanol–water partition coefficient (Wildman–Crippen LogP) is 4.28. The topological polar surface area (TPSA) is 81.8 Å². The van der Waals surface area contributed by atoms with Gasteiger partial charge in [-0.2, -0.15) is 4.31 Å². The average molecular weight is 457 g/mol. The van der Waals surface area contributed by atoms with Crippen LogP contribution in [0.25, 0.3) is 0 Å². The molecule has 172 valence electrons. The number of rotatable bonds is 6. The zero-order valence-corrected chi connectivity index (χ0v) is 19.4. The number of benzene rings is 2. The third-order valence-corrected chi connectivity index (χ3v) is 8.24. The van der Waals surface area contributed by atoms with E-state index in [2.05, 4.69) is 15.5 Å². The van der Waals surface area contributed by atoms with Gasteiger partial charge < -0.3 is 15.5 Å². The molecule has 2 heterocycles. The normalized spacial score (nSPS) is 20.2. The quantitative estimate of drug-likeness (QED) is 0.680. The van der Waals surface area contributed by atoms with Gasteiger partial charge in [0.1, 0.15) is 0 Å². The minimum Gasteiger partial charge on any atom is -0.308 e. The van der Waals surface area contributed by atoms with Crippen LogP contribution in [0, 0.1) is 6.92 Å². The molecule has 2 aliphatic heterocycles. The number of likely N-dealkylation sites (tertiary alicyclic amines) is 1. The molecule has 0 aromatic heterocycles. The van der Waals surface area contributed by atoms with Crippen molar-refractivity contribution in [1.82, 2.24) is 9.21 Å². The highest BCUT2D eigenvalue weighted by atomic mass is 32.2. The second-order valence-corrected chi connectivity index (χ2v) is 10.6. The van der Waals surface area contributed by atoms with E-state index in [-0.39, 0.29) is 17.0 Å². The van der Waals surface area contributed by atoms with Crippen LogP contribution in [0.15, 0.2) is 53.4 Å². The molecule has 0 unspecified atom stereocenters. The van der Waals surface area contributed by atoms with Crippen LogP contribution in [0.2, 0.25) is 0 Å². The smallest absolute Gasteiger partial charge is 0.308 e. The molecule has 4 rings (SSSR count). The average Bonchev–Trinajstić information content (AvgIpc) is 3.25. The fourth-order valence-corrected chi connectivity index (χ4v) is 6.21. The van der Waals surface area contributed by atoms with Crippen LogP contribution >= 0.6 is 0 Å². The summed E-state index contributed by atoms with van der Waals surface area (Å²) in [6.07, 6.45) is 5.48. The number of anilines is 2. The second kappa shape index (κ2) is 10.0. The molecule has 2 amide bonds.